The maximum absolute atomic E-state index is 11.9. The van der Waals surface area contributed by atoms with Gasteiger partial charge in [-0.3, -0.25) is 4.79 Å². The van der Waals surface area contributed by atoms with E-state index in [1.54, 1.807) is 7.05 Å². The molecule has 1 unspecified atom stereocenters. The first-order valence-electron chi connectivity index (χ1n) is 7.83. The van der Waals surface area contributed by atoms with Crippen molar-refractivity contribution in [1.82, 2.24) is 5.32 Å². The zero-order valence-corrected chi connectivity index (χ0v) is 12.9. The lowest BCUT2D eigenvalue weighted by molar-refractivity contribution is -0.145. The lowest BCUT2D eigenvalue weighted by Crippen LogP contribution is -2.60. The molecule has 1 aromatic rings. The second-order valence-electron chi connectivity index (χ2n) is 6.46. The van der Waals surface area contributed by atoms with Crippen molar-refractivity contribution in [2.75, 3.05) is 25.0 Å². The number of carboxylic acid groups (broad SMARTS) is 1. The summed E-state index contributed by atoms with van der Waals surface area (Å²) in [7, 11) is 1.78. The zero-order valence-electron chi connectivity index (χ0n) is 12.9. The second kappa shape index (κ2) is 5.34. The molecule has 2 aliphatic rings. The second-order valence-corrected chi connectivity index (χ2v) is 6.46. The molecule has 3 rings (SSSR count). The maximum Gasteiger partial charge on any atom is 0.326 e. The van der Waals surface area contributed by atoms with Gasteiger partial charge in [0, 0.05) is 18.8 Å². The smallest absolute Gasteiger partial charge is 0.326 e. The summed E-state index contributed by atoms with van der Waals surface area (Å²) in [6.45, 7) is 3.61. The van der Waals surface area contributed by atoms with Gasteiger partial charge in [0.2, 0.25) is 0 Å². The van der Waals surface area contributed by atoms with E-state index in [2.05, 4.69) is 35.3 Å². The van der Waals surface area contributed by atoms with Gasteiger partial charge in [0.25, 0.3) is 0 Å². The van der Waals surface area contributed by atoms with Crippen LogP contribution in [0.25, 0.3) is 0 Å². The van der Waals surface area contributed by atoms with Crippen molar-refractivity contribution < 1.29 is 9.90 Å². The van der Waals surface area contributed by atoms with Gasteiger partial charge < -0.3 is 15.3 Å². The van der Waals surface area contributed by atoms with E-state index in [9.17, 15) is 9.90 Å². The summed E-state index contributed by atoms with van der Waals surface area (Å²) in [5.74, 6) is -0.456. The molecule has 0 saturated heterocycles. The van der Waals surface area contributed by atoms with E-state index in [-0.39, 0.29) is 5.92 Å². The Hall–Kier alpha value is -1.55. The van der Waals surface area contributed by atoms with Crippen molar-refractivity contribution in [2.24, 2.45) is 5.92 Å². The van der Waals surface area contributed by atoms with Crippen molar-refractivity contribution in [1.29, 1.82) is 0 Å². The standard InChI is InChI=1S/C17H24N2O2/c1-12-5-8-15-13(10-12)4-3-9-19(15)11-17(18-2,16(20)21)14-6-7-14/h5,8,10,14,18H,3-4,6-7,9,11H2,1-2H3,(H,20,21). The third-order valence-corrected chi connectivity index (χ3v) is 4.99. The van der Waals surface area contributed by atoms with Crippen LogP contribution in [-0.2, 0) is 11.2 Å². The van der Waals surface area contributed by atoms with E-state index < -0.39 is 11.5 Å². The molecule has 1 fully saturated rings. The summed E-state index contributed by atoms with van der Waals surface area (Å²) in [6.07, 6.45) is 4.22. The summed E-state index contributed by atoms with van der Waals surface area (Å²) in [4.78, 5) is 14.1. The number of rotatable bonds is 5. The third kappa shape index (κ3) is 2.53. The number of benzene rings is 1. The first-order valence-corrected chi connectivity index (χ1v) is 7.83. The molecule has 4 heteroatoms. The van der Waals surface area contributed by atoms with Crippen molar-refractivity contribution in [3.63, 3.8) is 0 Å². The first kappa shape index (κ1) is 14.4. The lowest BCUT2D eigenvalue weighted by Gasteiger charge is -2.39. The normalized spacial score (nSPS) is 20.8. The van der Waals surface area contributed by atoms with Gasteiger partial charge in [-0.25, -0.2) is 0 Å². The fourth-order valence-corrected chi connectivity index (χ4v) is 3.61. The van der Waals surface area contributed by atoms with Crippen molar-refractivity contribution in [3.05, 3.63) is 29.3 Å². The number of aliphatic carboxylic acids is 1. The van der Waals surface area contributed by atoms with E-state index in [1.165, 1.54) is 16.8 Å². The van der Waals surface area contributed by atoms with Crippen LogP contribution in [-0.4, -0.2) is 36.8 Å². The maximum atomic E-state index is 11.9. The van der Waals surface area contributed by atoms with Gasteiger partial charge in [0.1, 0.15) is 5.54 Å². The number of likely N-dealkylation sites (N-methyl/N-ethyl adjacent to an activating group) is 1. The minimum Gasteiger partial charge on any atom is -0.480 e. The molecule has 0 radical (unpaired) electrons. The van der Waals surface area contributed by atoms with Gasteiger partial charge in [-0.15, -0.1) is 0 Å². The van der Waals surface area contributed by atoms with Crippen LogP contribution < -0.4 is 10.2 Å². The number of fused-ring (bicyclic) bond motifs is 1. The molecule has 4 nitrogen and oxygen atoms in total. The zero-order chi connectivity index (χ0) is 15.0. The van der Waals surface area contributed by atoms with Crippen LogP contribution in [0.4, 0.5) is 5.69 Å². The van der Waals surface area contributed by atoms with E-state index in [1.807, 2.05) is 0 Å². The summed E-state index contributed by atoms with van der Waals surface area (Å²) >= 11 is 0. The van der Waals surface area contributed by atoms with Crippen LogP contribution >= 0.6 is 0 Å². The number of anilines is 1. The lowest BCUT2D eigenvalue weighted by atomic mass is 9.90. The molecule has 0 bridgehead atoms. The highest BCUT2D eigenvalue weighted by Crippen LogP contribution is 2.41. The molecular weight excluding hydrogens is 264 g/mol. The van der Waals surface area contributed by atoms with Gasteiger partial charge >= 0.3 is 5.97 Å². The Kier molecular flexibility index (Phi) is 3.66. The van der Waals surface area contributed by atoms with E-state index >= 15 is 0 Å². The molecule has 1 heterocycles. The molecule has 0 amide bonds. The Morgan fingerprint density at radius 2 is 2.24 bits per heavy atom. The highest BCUT2D eigenvalue weighted by atomic mass is 16.4. The minimum absolute atomic E-state index is 0.260. The Labute approximate surface area is 126 Å². The Morgan fingerprint density at radius 3 is 2.86 bits per heavy atom. The van der Waals surface area contributed by atoms with Crippen LogP contribution in [0.3, 0.4) is 0 Å². The molecule has 114 valence electrons. The van der Waals surface area contributed by atoms with Crippen molar-refractivity contribution in [2.45, 2.75) is 38.1 Å². The van der Waals surface area contributed by atoms with E-state index in [0.717, 1.165) is 32.2 Å². The molecule has 1 saturated carbocycles. The van der Waals surface area contributed by atoms with Gasteiger partial charge in [-0.05, 0) is 57.2 Å². The van der Waals surface area contributed by atoms with Gasteiger partial charge in [0.05, 0.1) is 0 Å². The third-order valence-electron chi connectivity index (χ3n) is 4.99. The van der Waals surface area contributed by atoms with Crippen LogP contribution in [0.15, 0.2) is 18.2 Å². The Bertz CT molecular complexity index is 554. The minimum atomic E-state index is -0.806. The van der Waals surface area contributed by atoms with E-state index in [4.69, 9.17) is 0 Å². The molecule has 1 atom stereocenters. The van der Waals surface area contributed by atoms with Gasteiger partial charge in [0.15, 0.2) is 0 Å². The summed E-state index contributed by atoms with van der Waals surface area (Å²) < 4.78 is 0. The van der Waals surface area contributed by atoms with Crippen molar-refractivity contribution >= 4 is 11.7 Å². The average Bonchev–Trinajstić information content (AvgIpc) is 3.29. The number of carbonyl (C=O) groups is 1. The first-order chi connectivity index (χ1) is 10.1. The summed E-state index contributed by atoms with van der Waals surface area (Å²) in [5.41, 5.74) is 3.04. The number of nitrogens with zero attached hydrogens (tertiary/aromatic N) is 1. The Balaban J connectivity index is 1.90. The molecule has 0 spiro atoms. The Morgan fingerprint density at radius 1 is 1.48 bits per heavy atom. The quantitative estimate of drug-likeness (QED) is 0.872. The molecule has 1 aliphatic carbocycles. The molecule has 2 N–H and O–H groups in total. The van der Waals surface area contributed by atoms with Crippen LogP contribution in [0, 0.1) is 12.8 Å². The molecule has 21 heavy (non-hydrogen) atoms. The summed E-state index contributed by atoms with van der Waals surface area (Å²) in [6, 6.07) is 6.51. The largest absolute Gasteiger partial charge is 0.480 e. The number of aryl methyl sites for hydroxylation is 2. The van der Waals surface area contributed by atoms with E-state index in [0.29, 0.717) is 6.54 Å². The van der Waals surface area contributed by atoms with Crippen molar-refractivity contribution in [3.8, 4) is 0 Å². The highest BCUT2D eigenvalue weighted by molar-refractivity contribution is 5.81. The number of hydrogen-bond acceptors (Lipinski definition) is 3. The molecular formula is C17H24N2O2. The molecule has 0 aromatic heterocycles. The number of hydrogen-bond donors (Lipinski definition) is 2. The molecule has 1 aliphatic heterocycles. The van der Waals surface area contributed by atoms with Gasteiger partial charge in [-0.2, -0.15) is 0 Å². The topological polar surface area (TPSA) is 52.6 Å². The predicted octanol–water partition coefficient (Wildman–Crippen LogP) is 2.20. The molecule has 1 aromatic carbocycles. The number of carboxylic acids is 1. The number of nitrogens with one attached hydrogen (secondary N) is 1. The fourth-order valence-electron chi connectivity index (χ4n) is 3.61. The average molecular weight is 288 g/mol. The predicted molar refractivity (Wildman–Crippen MR) is 83.9 cm³/mol. The summed E-state index contributed by atoms with van der Waals surface area (Å²) in [5, 5.41) is 12.9. The SMILES string of the molecule is CNC(CN1CCCc2cc(C)ccc21)(C(=O)O)C1CC1. The fraction of sp³-hybridized carbons (Fsp3) is 0.588. The van der Waals surface area contributed by atoms with Gasteiger partial charge in [-0.1, -0.05) is 17.7 Å². The van der Waals surface area contributed by atoms with Crippen LogP contribution in [0.1, 0.15) is 30.4 Å². The highest BCUT2D eigenvalue weighted by Gasteiger charge is 2.51. The van der Waals surface area contributed by atoms with Crippen LogP contribution in [0.5, 0.6) is 0 Å². The van der Waals surface area contributed by atoms with Crippen LogP contribution in [0.2, 0.25) is 0 Å². The monoisotopic (exact) mass is 288 g/mol.